The van der Waals surface area contributed by atoms with E-state index in [9.17, 15) is 4.79 Å². The number of carbonyl (C=O) groups is 1. The molecule has 118 valence electrons. The number of fused-ring (bicyclic) bond motifs is 2. The van der Waals surface area contributed by atoms with Gasteiger partial charge >= 0.3 is 0 Å². The van der Waals surface area contributed by atoms with Crippen molar-refractivity contribution in [1.82, 2.24) is 9.88 Å². The molecule has 23 heavy (non-hydrogen) atoms. The Morgan fingerprint density at radius 3 is 2.96 bits per heavy atom. The van der Waals surface area contributed by atoms with Crippen LogP contribution in [-0.2, 0) is 0 Å². The van der Waals surface area contributed by atoms with Gasteiger partial charge in [0, 0.05) is 23.9 Å². The van der Waals surface area contributed by atoms with Gasteiger partial charge < -0.3 is 4.90 Å². The quantitative estimate of drug-likeness (QED) is 0.654. The molecular weight excluding hydrogens is 304 g/mol. The molecule has 3 heterocycles. The molecule has 1 atom stereocenters. The Balaban J connectivity index is 1.73. The van der Waals surface area contributed by atoms with Crippen LogP contribution in [0.25, 0.3) is 21.1 Å². The van der Waals surface area contributed by atoms with Crippen molar-refractivity contribution in [3.05, 3.63) is 40.8 Å². The molecular formula is C19H20N2OS. The topological polar surface area (TPSA) is 33.2 Å². The predicted molar refractivity (Wildman–Crippen MR) is 96.2 cm³/mol. The monoisotopic (exact) mass is 324 g/mol. The third kappa shape index (κ3) is 2.72. The van der Waals surface area contributed by atoms with E-state index in [4.69, 9.17) is 4.98 Å². The van der Waals surface area contributed by atoms with Crippen molar-refractivity contribution in [2.75, 3.05) is 13.1 Å². The standard InChI is InChI=1S/C19H20N2OS/c1-12-5-6-16-14(8-12)9-15-10-17(23-18(15)20-16)19(22)21-7-3-4-13(2)11-21/h5-6,8-10,13H,3-4,7,11H2,1-2H3/t13-/m0/s1. The van der Waals surface area contributed by atoms with Gasteiger partial charge in [-0.05, 0) is 49.9 Å². The summed E-state index contributed by atoms with van der Waals surface area (Å²) in [4.78, 5) is 21.3. The van der Waals surface area contributed by atoms with Crippen LogP contribution < -0.4 is 0 Å². The fourth-order valence-corrected chi connectivity index (χ4v) is 4.38. The lowest BCUT2D eigenvalue weighted by Gasteiger charge is -2.30. The number of aromatic nitrogens is 1. The number of piperidine rings is 1. The van der Waals surface area contributed by atoms with Crippen molar-refractivity contribution in [2.45, 2.75) is 26.7 Å². The summed E-state index contributed by atoms with van der Waals surface area (Å²) in [5.41, 5.74) is 2.23. The fourth-order valence-electron chi connectivity index (χ4n) is 3.39. The summed E-state index contributed by atoms with van der Waals surface area (Å²) in [5.74, 6) is 0.769. The number of benzene rings is 1. The molecule has 3 aromatic rings. The number of hydrogen-bond acceptors (Lipinski definition) is 3. The SMILES string of the molecule is Cc1ccc2nc3sc(C(=O)N4CCC[C@H](C)C4)cc3cc2c1. The Hall–Kier alpha value is -1.94. The first-order chi connectivity index (χ1) is 11.1. The van der Waals surface area contributed by atoms with E-state index in [-0.39, 0.29) is 5.91 Å². The van der Waals surface area contributed by atoms with Gasteiger partial charge in [-0.2, -0.15) is 0 Å². The number of hydrogen-bond donors (Lipinski definition) is 0. The number of likely N-dealkylation sites (tertiary alicyclic amines) is 1. The zero-order chi connectivity index (χ0) is 16.0. The maximum atomic E-state index is 12.8. The predicted octanol–water partition coefficient (Wildman–Crippen LogP) is 4.63. The summed E-state index contributed by atoms with van der Waals surface area (Å²) in [6, 6.07) is 10.4. The molecule has 1 saturated heterocycles. The van der Waals surface area contributed by atoms with Crippen LogP contribution in [0.1, 0.15) is 35.0 Å². The van der Waals surface area contributed by atoms with Gasteiger partial charge in [0.15, 0.2) is 0 Å². The van der Waals surface area contributed by atoms with Crippen LogP contribution in [0.4, 0.5) is 0 Å². The molecule has 1 amide bonds. The lowest BCUT2D eigenvalue weighted by Crippen LogP contribution is -2.38. The zero-order valence-corrected chi connectivity index (χ0v) is 14.3. The molecule has 0 bridgehead atoms. The first-order valence-electron chi connectivity index (χ1n) is 8.20. The van der Waals surface area contributed by atoms with E-state index in [1.165, 1.54) is 23.3 Å². The van der Waals surface area contributed by atoms with Crippen molar-refractivity contribution >= 4 is 38.4 Å². The van der Waals surface area contributed by atoms with Gasteiger partial charge in [-0.3, -0.25) is 4.79 Å². The molecule has 1 aliphatic heterocycles. The van der Waals surface area contributed by atoms with Gasteiger partial charge in [0.2, 0.25) is 0 Å². The Morgan fingerprint density at radius 1 is 1.26 bits per heavy atom. The van der Waals surface area contributed by atoms with Crippen LogP contribution in [-0.4, -0.2) is 28.9 Å². The minimum atomic E-state index is 0.166. The molecule has 1 aromatic carbocycles. The minimum Gasteiger partial charge on any atom is -0.338 e. The maximum Gasteiger partial charge on any atom is 0.264 e. The van der Waals surface area contributed by atoms with E-state index in [1.54, 1.807) is 0 Å². The number of rotatable bonds is 1. The summed E-state index contributed by atoms with van der Waals surface area (Å²) < 4.78 is 0. The molecule has 1 fully saturated rings. The Kier molecular flexibility index (Phi) is 3.57. The summed E-state index contributed by atoms with van der Waals surface area (Å²) >= 11 is 1.52. The smallest absolute Gasteiger partial charge is 0.264 e. The van der Waals surface area contributed by atoms with Gasteiger partial charge in [-0.1, -0.05) is 18.6 Å². The van der Waals surface area contributed by atoms with Crippen molar-refractivity contribution in [3.8, 4) is 0 Å². The highest BCUT2D eigenvalue weighted by Crippen LogP contribution is 2.29. The molecule has 0 unspecified atom stereocenters. The Bertz CT molecular complexity index is 899. The third-order valence-electron chi connectivity index (χ3n) is 4.61. The van der Waals surface area contributed by atoms with Crippen LogP contribution in [0.15, 0.2) is 30.3 Å². The maximum absolute atomic E-state index is 12.8. The minimum absolute atomic E-state index is 0.166. The molecule has 2 aromatic heterocycles. The highest BCUT2D eigenvalue weighted by Gasteiger charge is 2.23. The number of amides is 1. The molecule has 0 saturated carbocycles. The number of carbonyl (C=O) groups excluding carboxylic acids is 1. The molecule has 0 N–H and O–H groups in total. The van der Waals surface area contributed by atoms with Crippen LogP contribution >= 0.6 is 11.3 Å². The van der Waals surface area contributed by atoms with Crippen molar-refractivity contribution < 1.29 is 4.79 Å². The summed E-state index contributed by atoms with van der Waals surface area (Å²) in [6.45, 7) is 6.07. The number of nitrogens with zero attached hydrogens (tertiary/aromatic N) is 2. The van der Waals surface area contributed by atoms with E-state index in [2.05, 4.69) is 38.1 Å². The molecule has 0 spiro atoms. The van der Waals surface area contributed by atoms with E-state index in [0.717, 1.165) is 45.5 Å². The normalized spacial score (nSPS) is 18.7. The molecule has 3 nitrogen and oxygen atoms in total. The number of thiophene rings is 1. The third-order valence-corrected chi connectivity index (χ3v) is 5.64. The van der Waals surface area contributed by atoms with Gasteiger partial charge in [0.25, 0.3) is 5.91 Å². The van der Waals surface area contributed by atoms with Crippen LogP contribution in [0.5, 0.6) is 0 Å². The van der Waals surface area contributed by atoms with Gasteiger partial charge in [0.05, 0.1) is 10.4 Å². The summed E-state index contributed by atoms with van der Waals surface area (Å²) in [6.07, 6.45) is 2.34. The highest BCUT2D eigenvalue weighted by molar-refractivity contribution is 7.20. The van der Waals surface area contributed by atoms with Gasteiger partial charge in [-0.15, -0.1) is 11.3 Å². The zero-order valence-electron chi connectivity index (χ0n) is 13.5. The lowest BCUT2D eigenvalue weighted by molar-refractivity contribution is 0.0688. The average Bonchev–Trinajstić information content (AvgIpc) is 2.94. The van der Waals surface area contributed by atoms with Crippen LogP contribution in [0.2, 0.25) is 0 Å². The second-order valence-electron chi connectivity index (χ2n) is 6.69. The Labute approximate surface area is 139 Å². The summed E-state index contributed by atoms with van der Waals surface area (Å²) in [7, 11) is 0. The molecule has 4 heteroatoms. The second kappa shape index (κ2) is 5.60. The molecule has 4 rings (SSSR count). The first-order valence-corrected chi connectivity index (χ1v) is 9.02. The summed E-state index contributed by atoms with van der Waals surface area (Å²) in [5, 5.41) is 2.21. The fraction of sp³-hybridized carbons (Fsp3) is 0.368. The van der Waals surface area contributed by atoms with E-state index >= 15 is 0 Å². The van der Waals surface area contributed by atoms with E-state index in [1.807, 2.05) is 11.0 Å². The first kappa shape index (κ1) is 14.6. The van der Waals surface area contributed by atoms with E-state index in [0.29, 0.717) is 5.92 Å². The largest absolute Gasteiger partial charge is 0.338 e. The van der Waals surface area contributed by atoms with Crippen LogP contribution in [0.3, 0.4) is 0 Å². The lowest BCUT2D eigenvalue weighted by atomic mass is 10.0. The number of aryl methyl sites for hydroxylation is 1. The highest BCUT2D eigenvalue weighted by atomic mass is 32.1. The van der Waals surface area contributed by atoms with Crippen molar-refractivity contribution in [1.29, 1.82) is 0 Å². The second-order valence-corrected chi connectivity index (χ2v) is 7.72. The Morgan fingerprint density at radius 2 is 2.13 bits per heavy atom. The van der Waals surface area contributed by atoms with Gasteiger partial charge in [0.1, 0.15) is 4.83 Å². The molecule has 0 radical (unpaired) electrons. The van der Waals surface area contributed by atoms with Crippen molar-refractivity contribution in [3.63, 3.8) is 0 Å². The molecule has 1 aliphatic rings. The van der Waals surface area contributed by atoms with Crippen LogP contribution in [0, 0.1) is 12.8 Å². The van der Waals surface area contributed by atoms with Gasteiger partial charge in [-0.25, -0.2) is 4.98 Å². The molecule has 0 aliphatic carbocycles. The number of pyridine rings is 1. The average molecular weight is 324 g/mol. The van der Waals surface area contributed by atoms with Crippen molar-refractivity contribution in [2.24, 2.45) is 5.92 Å². The van der Waals surface area contributed by atoms with E-state index < -0.39 is 0 Å².